The van der Waals surface area contributed by atoms with E-state index in [-0.39, 0.29) is 17.7 Å². The van der Waals surface area contributed by atoms with Crippen molar-refractivity contribution in [3.63, 3.8) is 0 Å². The number of esters is 1. The van der Waals surface area contributed by atoms with Gasteiger partial charge in [0.1, 0.15) is 5.69 Å². The monoisotopic (exact) mass is 459 g/mol. The van der Waals surface area contributed by atoms with Gasteiger partial charge in [-0.1, -0.05) is 29.8 Å². The third kappa shape index (κ3) is 5.80. The Bertz CT molecular complexity index is 1120. The minimum atomic E-state index is -0.565. The van der Waals surface area contributed by atoms with Gasteiger partial charge in [0.25, 0.3) is 11.5 Å². The summed E-state index contributed by atoms with van der Waals surface area (Å²) in [5.41, 5.74) is 1.08. The van der Waals surface area contributed by atoms with Gasteiger partial charge in [0.2, 0.25) is 0 Å². The highest BCUT2D eigenvalue weighted by atomic mass is 35.5. The van der Waals surface area contributed by atoms with Crippen molar-refractivity contribution in [2.45, 2.75) is 18.2 Å². The SMILES string of the molecule is Cc1c(NC(=O)COC(=O)CCSc2ccc(Cl)cc2)c(=O)n(-c2ccccc2)n1C. The smallest absolute Gasteiger partial charge is 0.307 e. The van der Waals surface area contributed by atoms with E-state index >= 15 is 0 Å². The molecule has 1 heterocycles. The number of rotatable bonds is 8. The van der Waals surface area contributed by atoms with E-state index < -0.39 is 18.5 Å². The quantitative estimate of drug-likeness (QED) is 0.409. The van der Waals surface area contributed by atoms with E-state index in [0.717, 1.165) is 4.90 Å². The number of hydrogen-bond donors (Lipinski definition) is 1. The van der Waals surface area contributed by atoms with Crippen LogP contribution in [0, 0.1) is 6.92 Å². The number of anilines is 1. The van der Waals surface area contributed by atoms with Gasteiger partial charge in [0, 0.05) is 22.7 Å². The molecular formula is C22H22ClN3O4S. The van der Waals surface area contributed by atoms with Gasteiger partial charge in [-0.2, -0.15) is 0 Å². The van der Waals surface area contributed by atoms with Crippen LogP contribution in [0.2, 0.25) is 5.02 Å². The summed E-state index contributed by atoms with van der Waals surface area (Å²) in [4.78, 5) is 37.9. The van der Waals surface area contributed by atoms with E-state index in [1.54, 1.807) is 42.9 Å². The van der Waals surface area contributed by atoms with E-state index in [2.05, 4.69) is 5.32 Å². The fourth-order valence-electron chi connectivity index (χ4n) is 2.89. The van der Waals surface area contributed by atoms with E-state index in [0.29, 0.717) is 22.2 Å². The van der Waals surface area contributed by atoms with Gasteiger partial charge in [-0.05, 0) is 43.3 Å². The Kier molecular flexibility index (Phi) is 7.59. The number of nitrogens with zero attached hydrogens (tertiary/aromatic N) is 2. The first-order valence-corrected chi connectivity index (χ1v) is 10.9. The molecule has 0 aliphatic rings. The van der Waals surface area contributed by atoms with Crippen molar-refractivity contribution in [1.29, 1.82) is 0 Å². The van der Waals surface area contributed by atoms with Crippen molar-refractivity contribution in [2.75, 3.05) is 17.7 Å². The zero-order chi connectivity index (χ0) is 22.4. The summed E-state index contributed by atoms with van der Waals surface area (Å²) in [5.74, 6) is -0.533. The molecule has 0 aliphatic heterocycles. The first-order valence-electron chi connectivity index (χ1n) is 9.54. The van der Waals surface area contributed by atoms with Crippen LogP contribution in [0.25, 0.3) is 5.69 Å². The first-order chi connectivity index (χ1) is 14.9. The Balaban J connectivity index is 1.52. The topological polar surface area (TPSA) is 82.3 Å². The summed E-state index contributed by atoms with van der Waals surface area (Å²) >= 11 is 7.34. The van der Waals surface area contributed by atoms with E-state index in [1.165, 1.54) is 16.4 Å². The highest BCUT2D eigenvalue weighted by Crippen LogP contribution is 2.21. The van der Waals surface area contributed by atoms with Gasteiger partial charge in [-0.25, -0.2) is 4.68 Å². The summed E-state index contributed by atoms with van der Waals surface area (Å²) < 4.78 is 8.16. The number of thioether (sulfide) groups is 1. The Morgan fingerprint density at radius 2 is 1.77 bits per heavy atom. The molecule has 0 aliphatic carbocycles. The molecule has 0 radical (unpaired) electrons. The van der Waals surface area contributed by atoms with Gasteiger partial charge in [0.15, 0.2) is 6.61 Å². The number of ether oxygens (including phenoxy) is 1. The van der Waals surface area contributed by atoms with Crippen LogP contribution in [0.15, 0.2) is 64.3 Å². The zero-order valence-corrected chi connectivity index (χ0v) is 18.7. The van der Waals surface area contributed by atoms with Crippen molar-refractivity contribution in [3.05, 3.63) is 75.7 Å². The molecular weight excluding hydrogens is 438 g/mol. The predicted molar refractivity (Wildman–Crippen MR) is 122 cm³/mol. The molecule has 162 valence electrons. The Labute approximate surface area is 188 Å². The predicted octanol–water partition coefficient (Wildman–Crippen LogP) is 3.80. The van der Waals surface area contributed by atoms with Crippen molar-refractivity contribution < 1.29 is 14.3 Å². The maximum absolute atomic E-state index is 12.8. The number of benzene rings is 2. The van der Waals surface area contributed by atoms with E-state index in [1.807, 2.05) is 30.3 Å². The number of halogens is 1. The highest BCUT2D eigenvalue weighted by molar-refractivity contribution is 7.99. The van der Waals surface area contributed by atoms with Crippen LogP contribution < -0.4 is 10.9 Å². The number of hydrogen-bond acceptors (Lipinski definition) is 5. The number of aromatic nitrogens is 2. The molecule has 3 aromatic rings. The normalized spacial score (nSPS) is 10.7. The largest absolute Gasteiger partial charge is 0.456 e. The molecule has 0 unspecified atom stereocenters. The molecule has 0 saturated carbocycles. The molecule has 0 saturated heterocycles. The van der Waals surface area contributed by atoms with Gasteiger partial charge < -0.3 is 10.1 Å². The van der Waals surface area contributed by atoms with E-state index in [4.69, 9.17) is 16.3 Å². The van der Waals surface area contributed by atoms with Crippen molar-refractivity contribution >= 4 is 40.9 Å². The summed E-state index contributed by atoms with van der Waals surface area (Å²) in [6.45, 7) is 1.28. The van der Waals surface area contributed by atoms with Gasteiger partial charge in [0.05, 0.1) is 17.8 Å². The third-order valence-corrected chi connectivity index (χ3v) is 5.84. The molecule has 0 bridgehead atoms. The number of nitrogens with one attached hydrogen (secondary N) is 1. The number of para-hydroxylation sites is 1. The molecule has 1 amide bonds. The molecule has 0 fully saturated rings. The van der Waals surface area contributed by atoms with Crippen LogP contribution >= 0.6 is 23.4 Å². The Morgan fingerprint density at radius 1 is 1.10 bits per heavy atom. The second-order valence-corrected chi connectivity index (χ2v) is 8.30. The lowest BCUT2D eigenvalue weighted by Gasteiger charge is -2.07. The molecule has 2 aromatic carbocycles. The molecule has 31 heavy (non-hydrogen) atoms. The number of amides is 1. The number of carbonyl (C=O) groups excluding carboxylic acids is 2. The van der Waals surface area contributed by atoms with Gasteiger partial charge in [-0.3, -0.25) is 19.1 Å². The molecule has 3 rings (SSSR count). The summed E-state index contributed by atoms with van der Waals surface area (Å²) in [5, 5.41) is 3.22. The lowest BCUT2D eigenvalue weighted by atomic mass is 10.3. The fourth-order valence-corrected chi connectivity index (χ4v) is 3.85. The van der Waals surface area contributed by atoms with Crippen LogP contribution in [-0.2, 0) is 21.4 Å². The van der Waals surface area contributed by atoms with Gasteiger partial charge in [-0.15, -0.1) is 11.8 Å². The highest BCUT2D eigenvalue weighted by Gasteiger charge is 2.18. The first kappa shape index (κ1) is 22.7. The van der Waals surface area contributed by atoms with Crippen LogP contribution in [0.5, 0.6) is 0 Å². The maximum atomic E-state index is 12.8. The van der Waals surface area contributed by atoms with Crippen LogP contribution in [0.3, 0.4) is 0 Å². The zero-order valence-electron chi connectivity index (χ0n) is 17.1. The van der Waals surface area contributed by atoms with Gasteiger partial charge >= 0.3 is 5.97 Å². The second-order valence-electron chi connectivity index (χ2n) is 6.70. The molecule has 0 atom stereocenters. The average Bonchev–Trinajstić information content (AvgIpc) is 2.97. The molecule has 0 spiro atoms. The Hall–Kier alpha value is -2.97. The van der Waals surface area contributed by atoms with Crippen LogP contribution in [0.1, 0.15) is 12.1 Å². The lowest BCUT2D eigenvalue weighted by molar-refractivity contribution is -0.146. The van der Waals surface area contributed by atoms with Crippen LogP contribution in [-0.4, -0.2) is 33.6 Å². The van der Waals surface area contributed by atoms with Crippen molar-refractivity contribution in [1.82, 2.24) is 9.36 Å². The second kappa shape index (κ2) is 10.4. The average molecular weight is 460 g/mol. The molecule has 9 heteroatoms. The minimum absolute atomic E-state index is 0.158. The lowest BCUT2D eigenvalue weighted by Crippen LogP contribution is -2.25. The fraction of sp³-hybridized carbons (Fsp3) is 0.227. The third-order valence-electron chi connectivity index (χ3n) is 4.57. The summed E-state index contributed by atoms with van der Waals surface area (Å²) in [6.07, 6.45) is 0.158. The maximum Gasteiger partial charge on any atom is 0.307 e. The minimum Gasteiger partial charge on any atom is -0.456 e. The molecule has 1 aromatic heterocycles. The van der Waals surface area contributed by atoms with Crippen molar-refractivity contribution in [2.24, 2.45) is 7.05 Å². The van der Waals surface area contributed by atoms with Crippen LogP contribution in [0.4, 0.5) is 5.69 Å². The standard InChI is InChI=1S/C22H22ClN3O4S/c1-15-21(22(29)26(25(15)2)17-6-4-3-5-7-17)24-19(27)14-30-20(28)12-13-31-18-10-8-16(23)9-11-18/h3-11H,12-14H2,1-2H3,(H,24,27). The number of carbonyl (C=O) groups is 2. The molecule has 1 N–H and O–H groups in total. The summed E-state index contributed by atoms with van der Waals surface area (Å²) in [7, 11) is 1.73. The molecule has 7 nitrogen and oxygen atoms in total. The van der Waals surface area contributed by atoms with Crippen molar-refractivity contribution in [3.8, 4) is 5.69 Å². The summed E-state index contributed by atoms with van der Waals surface area (Å²) in [6, 6.07) is 16.4. The Morgan fingerprint density at radius 3 is 2.45 bits per heavy atom. The van der Waals surface area contributed by atoms with E-state index in [9.17, 15) is 14.4 Å².